The second-order valence-electron chi connectivity index (χ2n) is 6.32. The van der Waals surface area contributed by atoms with Crippen LogP contribution in [0.4, 0.5) is 11.6 Å². The van der Waals surface area contributed by atoms with Crippen molar-refractivity contribution in [1.29, 1.82) is 0 Å². The summed E-state index contributed by atoms with van der Waals surface area (Å²) in [7, 11) is 0. The van der Waals surface area contributed by atoms with E-state index in [9.17, 15) is 0 Å². The Morgan fingerprint density at radius 3 is 2.44 bits per heavy atom. The van der Waals surface area contributed by atoms with Gasteiger partial charge in [0.15, 0.2) is 11.6 Å². The minimum absolute atomic E-state index is 0.155. The normalized spacial score (nSPS) is 17.2. The molecule has 0 saturated carbocycles. The van der Waals surface area contributed by atoms with E-state index >= 15 is 0 Å². The molecule has 0 aromatic carbocycles. The molecule has 0 spiro atoms. The highest BCUT2D eigenvalue weighted by molar-refractivity contribution is 5.44. The largest absolute Gasteiger partial charge is 0.382 e. The molecule has 1 fully saturated rings. The summed E-state index contributed by atoms with van der Waals surface area (Å²) in [5.41, 5.74) is 8.55. The molecular weight excluding hydrogens is 316 g/mol. The van der Waals surface area contributed by atoms with Gasteiger partial charge in [0.2, 0.25) is 0 Å². The Balaban J connectivity index is 1.60. The van der Waals surface area contributed by atoms with E-state index in [-0.39, 0.29) is 6.04 Å². The maximum absolute atomic E-state index is 5.64. The van der Waals surface area contributed by atoms with Crippen LogP contribution in [-0.4, -0.2) is 36.7 Å². The zero-order valence-electron chi connectivity index (χ0n) is 14.3. The molecule has 1 atom stereocenters. The molecule has 25 heavy (non-hydrogen) atoms. The lowest BCUT2D eigenvalue weighted by molar-refractivity contribution is 0.667. The second-order valence-corrected chi connectivity index (χ2v) is 6.32. The van der Waals surface area contributed by atoms with E-state index in [1.54, 1.807) is 10.7 Å². The Morgan fingerprint density at radius 2 is 1.80 bits per heavy atom. The van der Waals surface area contributed by atoms with Gasteiger partial charge in [-0.2, -0.15) is 10.2 Å². The molecule has 8 nitrogen and oxygen atoms in total. The zero-order valence-corrected chi connectivity index (χ0v) is 14.3. The summed E-state index contributed by atoms with van der Waals surface area (Å²) in [6, 6.07) is 9.83. The first-order chi connectivity index (χ1) is 12.1. The Labute approximate surface area is 145 Å². The van der Waals surface area contributed by atoms with Crippen molar-refractivity contribution in [2.45, 2.75) is 32.7 Å². The summed E-state index contributed by atoms with van der Waals surface area (Å²) in [4.78, 5) is 2.22. The van der Waals surface area contributed by atoms with Gasteiger partial charge in [-0.15, -0.1) is 15.3 Å². The Kier molecular flexibility index (Phi) is 3.79. The first-order valence-electron chi connectivity index (χ1n) is 8.35. The molecule has 0 radical (unpaired) electrons. The van der Waals surface area contributed by atoms with Crippen LogP contribution in [0.5, 0.6) is 0 Å². The fourth-order valence-electron chi connectivity index (χ4n) is 3.32. The van der Waals surface area contributed by atoms with E-state index in [1.165, 1.54) is 0 Å². The van der Waals surface area contributed by atoms with Crippen LogP contribution in [0.25, 0.3) is 5.82 Å². The van der Waals surface area contributed by atoms with Gasteiger partial charge in [0.05, 0.1) is 17.4 Å². The number of nitrogens with zero attached hydrogens (tertiary/aromatic N) is 7. The van der Waals surface area contributed by atoms with Crippen molar-refractivity contribution in [2.75, 3.05) is 17.2 Å². The van der Waals surface area contributed by atoms with Gasteiger partial charge in [-0.3, -0.25) is 0 Å². The van der Waals surface area contributed by atoms with E-state index in [0.29, 0.717) is 5.82 Å². The number of nitrogen functional groups attached to an aromatic ring is 1. The summed E-state index contributed by atoms with van der Waals surface area (Å²) in [5, 5.41) is 21.4. The van der Waals surface area contributed by atoms with E-state index in [2.05, 4.69) is 30.4 Å². The molecule has 3 aromatic rings. The Bertz CT molecular complexity index is 869. The first kappa shape index (κ1) is 15.5. The van der Waals surface area contributed by atoms with Crippen LogP contribution >= 0.6 is 0 Å². The predicted molar refractivity (Wildman–Crippen MR) is 94.4 cm³/mol. The highest BCUT2D eigenvalue weighted by Crippen LogP contribution is 2.34. The Hall–Kier alpha value is -3.03. The van der Waals surface area contributed by atoms with Crippen LogP contribution < -0.4 is 10.6 Å². The fourth-order valence-corrected chi connectivity index (χ4v) is 3.32. The van der Waals surface area contributed by atoms with Gasteiger partial charge in [-0.05, 0) is 57.0 Å². The van der Waals surface area contributed by atoms with E-state index in [1.807, 2.05) is 38.1 Å². The second kappa shape index (κ2) is 6.12. The topological polar surface area (TPSA) is 98.6 Å². The fraction of sp³-hybridized carbons (Fsp3) is 0.353. The smallest absolute Gasteiger partial charge is 0.176 e. The Morgan fingerprint density at radius 1 is 1.00 bits per heavy atom. The van der Waals surface area contributed by atoms with Crippen molar-refractivity contribution >= 4 is 11.6 Å². The van der Waals surface area contributed by atoms with Crippen LogP contribution in [-0.2, 0) is 0 Å². The number of hydrogen-bond acceptors (Lipinski definition) is 7. The lowest BCUT2D eigenvalue weighted by Crippen LogP contribution is -2.25. The molecule has 2 N–H and O–H groups in total. The van der Waals surface area contributed by atoms with Gasteiger partial charge in [0, 0.05) is 12.2 Å². The predicted octanol–water partition coefficient (Wildman–Crippen LogP) is 1.99. The van der Waals surface area contributed by atoms with Crippen LogP contribution in [0.15, 0.2) is 30.3 Å². The molecule has 1 aliphatic rings. The molecule has 4 rings (SSSR count). The highest BCUT2D eigenvalue weighted by Gasteiger charge is 2.28. The standard InChI is InChI=1S/C17H20N8/c1-11-10-12(2)25(23-11)17-8-7-16(21-22-17)24-9-3-4-14(24)13-5-6-15(18)20-19-13/h5-8,10,14H,3-4,9H2,1-2H3,(H2,18,20). The van der Waals surface area contributed by atoms with Gasteiger partial charge in [-0.1, -0.05) is 0 Å². The van der Waals surface area contributed by atoms with Gasteiger partial charge in [0.25, 0.3) is 0 Å². The van der Waals surface area contributed by atoms with Crippen LogP contribution in [0, 0.1) is 13.8 Å². The third-order valence-electron chi connectivity index (χ3n) is 4.46. The molecule has 1 saturated heterocycles. The maximum Gasteiger partial charge on any atom is 0.176 e. The average Bonchev–Trinajstić information content (AvgIpc) is 3.22. The van der Waals surface area contributed by atoms with Gasteiger partial charge in [-0.25, -0.2) is 4.68 Å². The summed E-state index contributed by atoms with van der Waals surface area (Å²) < 4.78 is 1.80. The average molecular weight is 336 g/mol. The summed E-state index contributed by atoms with van der Waals surface area (Å²) >= 11 is 0. The minimum atomic E-state index is 0.155. The molecule has 128 valence electrons. The highest BCUT2D eigenvalue weighted by atomic mass is 15.4. The zero-order chi connectivity index (χ0) is 17.4. The first-order valence-corrected chi connectivity index (χ1v) is 8.35. The molecule has 4 heterocycles. The van der Waals surface area contributed by atoms with Gasteiger partial charge < -0.3 is 10.6 Å². The molecule has 1 aliphatic heterocycles. The van der Waals surface area contributed by atoms with Crippen molar-refractivity contribution < 1.29 is 0 Å². The van der Waals surface area contributed by atoms with Crippen molar-refractivity contribution in [2.24, 2.45) is 0 Å². The van der Waals surface area contributed by atoms with E-state index in [4.69, 9.17) is 5.73 Å². The summed E-state index contributed by atoms with van der Waals surface area (Å²) in [6.45, 7) is 4.89. The maximum atomic E-state index is 5.64. The lowest BCUT2D eigenvalue weighted by atomic mass is 10.1. The molecule has 0 amide bonds. The quantitative estimate of drug-likeness (QED) is 0.781. The minimum Gasteiger partial charge on any atom is -0.382 e. The molecular formula is C17H20N8. The number of rotatable bonds is 3. The number of anilines is 2. The molecule has 0 aliphatic carbocycles. The van der Waals surface area contributed by atoms with Crippen LogP contribution in [0.3, 0.4) is 0 Å². The third kappa shape index (κ3) is 2.90. The van der Waals surface area contributed by atoms with E-state index < -0.39 is 0 Å². The lowest BCUT2D eigenvalue weighted by Gasteiger charge is -2.24. The molecule has 0 bridgehead atoms. The number of aromatic nitrogens is 6. The number of nitrogens with two attached hydrogens (primary N) is 1. The monoisotopic (exact) mass is 336 g/mol. The number of hydrogen-bond donors (Lipinski definition) is 1. The van der Waals surface area contributed by atoms with Crippen molar-refractivity contribution in [3.05, 3.63) is 47.4 Å². The van der Waals surface area contributed by atoms with E-state index in [0.717, 1.165) is 48.1 Å². The van der Waals surface area contributed by atoms with Crippen LogP contribution in [0.1, 0.15) is 36.0 Å². The summed E-state index contributed by atoms with van der Waals surface area (Å²) in [6.07, 6.45) is 2.09. The molecule has 3 aromatic heterocycles. The van der Waals surface area contributed by atoms with Gasteiger partial charge >= 0.3 is 0 Å². The SMILES string of the molecule is Cc1cc(C)n(-c2ccc(N3CCCC3c3ccc(N)nn3)nn2)n1. The van der Waals surface area contributed by atoms with Crippen molar-refractivity contribution in [3.63, 3.8) is 0 Å². The third-order valence-corrected chi connectivity index (χ3v) is 4.46. The molecule has 1 unspecified atom stereocenters. The summed E-state index contributed by atoms with van der Waals surface area (Å²) in [5.74, 6) is 1.99. The molecule has 8 heteroatoms. The van der Waals surface area contributed by atoms with Gasteiger partial charge in [0.1, 0.15) is 5.82 Å². The van der Waals surface area contributed by atoms with Crippen molar-refractivity contribution in [3.8, 4) is 5.82 Å². The van der Waals surface area contributed by atoms with Crippen molar-refractivity contribution in [1.82, 2.24) is 30.2 Å². The van der Waals surface area contributed by atoms with Crippen LogP contribution in [0.2, 0.25) is 0 Å². The number of aryl methyl sites for hydroxylation is 2.